The number of fused-ring (bicyclic) bond motifs is 2. The van der Waals surface area contributed by atoms with Gasteiger partial charge in [-0.3, -0.25) is 0 Å². The lowest BCUT2D eigenvalue weighted by molar-refractivity contribution is 0.312. The number of anilines is 2. The van der Waals surface area contributed by atoms with Gasteiger partial charge in [0.15, 0.2) is 5.82 Å². The number of H-pyrrole nitrogens is 1. The molecule has 5 heterocycles. The van der Waals surface area contributed by atoms with Crippen molar-refractivity contribution in [2.24, 2.45) is 0 Å². The summed E-state index contributed by atoms with van der Waals surface area (Å²) in [5, 5.41) is 4.12. The van der Waals surface area contributed by atoms with Crippen LogP contribution in [0.25, 0.3) is 33.2 Å². The maximum Gasteiger partial charge on any atom is 0.224 e. The van der Waals surface area contributed by atoms with Crippen molar-refractivity contribution in [1.29, 1.82) is 0 Å². The van der Waals surface area contributed by atoms with Crippen LogP contribution in [0, 0.1) is 12.7 Å². The number of halogens is 1. The van der Waals surface area contributed by atoms with E-state index in [0.717, 1.165) is 65.4 Å². The number of likely N-dealkylation sites (N-methyl/N-ethyl adjacent to an activating group) is 1. The average molecular weight is 514 g/mol. The number of benzene rings is 1. The van der Waals surface area contributed by atoms with E-state index >= 15 is 4.39 Å². The first-order valence-corrected chi connectivity index (χ1v) is 13.0. The second-order valence-corrected chi connectivity index (χ2v) is 10.3. The van der Waals surface area contributed by atoms with Crippen LogP contribution in [-0.4, -0.2) is 67.6 Å². The van der Waals surface area contributed by atoms with Gasteiger partial charge in [-0.1, -0.05) is 6.07 Å². The van der Waals surface area contributed by atoms with Gasteiger partial charge in [0.2, 0.25) is 5.95 Å². The maximum atomic E-state index is 15.0. The van der Waals surface area contributed by atoms with Crippen LogP contribution in [0.5, 0.6) is 0 Å². The Bertz CT molecular complexity index is 1590. The number of piperazine rings is 1. The lowest BCUT2D eigenvalue weighted by Gasteiger charge is -2.33. The minimum Gasteiger partial charge on any atom is -0.354 e. The fourth-order valence-corrected chi connectivity index (χ4v) is 5.23. The lowest BCUT2D eigenvalue weighted by Crippen LogP contribution is -2.44. The maximum absolute atomic E-state index is 15.0. The summed E-state index contributed by atoms with van der Waals surface area (Å²) in [5.41, 5.74) is 4.54. The molecule has 10 heteroatoms. The van der Waals surface area contributed by atoms with Crippen molar-refractivity contribution in [2.45, 2.75) is 33.4 Å². The second-order valence-electron chi connectivity index (χ2n) is 10.3. The Morgan fingerprint density at radius 2 is 1.87 bits per heavy atom. The molecule has 0 aliphatic carbocycles. The van der Waals surface area contributed by atoms with Gasteiger partial charge in [-0.05, 0) is 57.1 Å². The van der Waals surface area contributed by atoms with Gasteiger partial charge in [0.25, 0.3) is 0 Å². The molecule has 2 N–H and O–H groups in total. The number of aryl methyl sites for hydroxylation is 1. The third-order valence-electron chi connectivity index (χ3n) is 7.27. The zero-order valence-electron chi connectivity index (χ0n) is 22.2. The molecule has 1 aliphatic heterocycles. The Hall–Kier alpha value is -4.05. The SMILES string of the molecule is Cc1nc2c(F)cc(-c3c[nH]c4nc(NCc5ccc(N6CCN(C)CC6)nc5)ncc34)cc2n1C(C)C. The number of aromatic amines is 1. The molecular formula is C28H32FN9. The summed E-state index contributed by atoms with van der Waals surface area (Å²) >= 11 is 0. The molecule has 0 spiro atoms. The van der Waals surface area contributed by atoms with Gasteiger partial charge in [0, 0.05) is 68.3 Å². The quantitative estimate of drug-likeness (QED) is 0.338. The Balaban J connectivity index is 1.20. The van der Waals surface area contributed by atoms with Crippen LogP contribution in [0.1, 0.15) is 31.3 Å². The molecule has 1 aromatic carbocycles. The Kier molecular flexibility index (Phi) is 6.19. The van der Waals surface area contributed by atoms with E-state index in [9.17, 15) is 0 Å². The molecule has 0 bridgehead atoms. The molecule has 0 amide bonds. The first-order valence-electron chi connectivity index (χ1n) is 13.0. The number of nitrogens with one attached hydrogen (secondary N) is 2. The lowest BCUT2D eigenvalue weighted by atomic mass is 10.1. The minimum atomic E-state index is -0.333. The second kappa shape index (κ2) is 9.68. The van der Waals surface area contributed by atoms with E-state index in [2.05, 4.69) is 77.6 Å². The highest BCUT2D eigenvalue weighted by molar-refractivity contribution is 5.96. The van der Waals surface area contributed by atoms with Crippen LogP contribution in [0.15, 0.2) is 42.9 Å². The first-order chi connectivity index (χ1) is 18.4. The van der Waals surface area contributed by atoms with Gasteiger partial charge in [-0.15, -0.1) is 0 Å². The van der Waals surface area contributed by atoms with E-state index in [1.54, 1.807) is 6.20 Å². The molecule has 0 radical (unpaired) electrons. The largest absolute Gasteiger partial charge is 0.354 e. The number of pyridine rings is 1. The Morgan fingerprint density at radius 1 is 1.05 bits per heavy atom. The summed E-state index contributed by atoms with van der Waals surface area (Å²) in [5.74, 6) is 2.00. The predicted octanol–water partition coefficient (Wildman–Crippen LogP) is 4.76. The normalized spacial score (nSPS) is 14.7. The van der Waals surface area contributed by atoms with E-state index < -0.39 is 0 Å². The molecule has 38 heavy (non-hydrogen) atoms. The monoisotopic (exact) mass is 513 g/mol. The predicted molar refractivity (Wildman–Crippen MR) is 149 cm³/mol. The molecule has 0 atom stereocenters. The summed E-state index contributed by atoms with van der Waals surface area (Å²) in [6.45, 7) is 10.7. The number of nitrogens with zero attached hydrogens (tertiary/aromatic N) is 7. The first kappa shape index (κ1) is 24.3. The number of aromatic nitrogens is 6. The summed E-state index contributed by atoms with van der Waals surface area (Å²) < 4.78 is 17.1. The molecule has 5 aromatic rings. The summed E-state index contributed by atoms with van der Waals surface area (Å²) in [4.78, 5) is 26.2. The molecule has 196 valence electrons. The number of rotatable bonds is 6. The zero-order chi connectivity index (χ0) is 26.4. The molecular weight excluding hydrogens is 481 g/mol. The standard InChI is InChI=1S/C28H32FN9/c1-17(2)38-18(3)34-26-23(29)11-20(12-24(26)38)21-15-31-27-22(21)16-33-28(35-27)32-14-19-5-6-25(30-13-19)37-9-7-36(4)8-10-37/h5-6,11-13,15-17H,7-10,14H2,1-4H3,(H2,31,32,33,35). The topological polar surface area (TPSA) is 90.8 Å². The third-order valence-corrected chi connectivity index (χ3v) is 7.27. The van der Waals surface area contributed by atoms with E-state index in [0.29, 0.717) is 23.7 Å². The van der Waals surface area contributed by atoms with Crippen molar-refractivity contribution in [3.63, 3.8) is 0 Å². The van der Waals surface area contributed by atoms with E-state index in [1.807, 2.05) is 25.4 Å². The Labute approximate surface area is 220 Å². The number of hydrogen-bond donors (Lipinski definition) is 2. The molecule has 0 unspecified atom stereocenters. The zero-order valence-corrected chi connectivity index (χ0v) is 22.2. The van der Waals surface area contributed by atoms with Crippen LogP contribution in [-0.2, 0) is 6.54 Å². The van der Waals surface area contributed by atoms with Crippen molar-refractivity contribution in [2.75, 3.05) is 43.4 Å². The molecule has 4 aromatic heterocycles. The van der Waals surface area contributed by atoms with Crippen LogP contribution >= 0.6 is 0 Å². The van der Waals surface area contributed by atoms with Gasteiger partial charge in [-0.2, -0.15) is 4.98 Å². The van der Waals surface area contributed by atoms with Crippen molar-refractivity contribution in [1.82, 2.24) is 34.4 Å². The van der Waals surface area contributed by atoms with E-state index in [1.165, 1.54) is 6.07 Å². The van der Waals surface area contributed by atoms with Crippen LogP contribution in [0.4, 0.5) is 16.2 Å². The van der Waals surface area contributed by atoms with Crippen molar-refractivity contribution < 1.29 is 4.39 Å². The van der Waals surface area contributed by atoms with Crippen molar-refractivity contribution in [3.8, 4) is 11.1 Å². The molecule has 9 nitrogen and oxygen atoms in total. The molecule has 0 saturated carbocycles. The highest BCUT2D eigenvalue weighted by Crippen LogP contribution is 2.33. The smallest absolute Gasteiger partial charge is 0.224 e. The van der Waals surface area contributed by atoms with Gasteiger partial charge >= 0.3 is 0 Å². The highest BCUT2D eigenvalue weighted by atomic mass is 19.1. The fourth-order valence-electron chi connectivity index (χ4n) is 5.23. The summed E-state index contributed by atoms with van der Waals surface area (Å²) in [6, 6.07) is 7.87. The fraction of sp³-hybridized carbons (Fsp3) is 0.357. The van der Waals surface area contributed by atoms with E-state index in [-0.39, 0.29) is 11.9 Å². The van der Waals surface area contributed by atoms with E-state index in [4.69, 9.17) is 0 Å². The van der Waals surface area contributed by atoms with Crippen LogP contribution < -0.4 is 10.2 Å². The summed E-state index contributed by atoms with van der Waals surface area (Å²) in [6.07, 6.45) is 5.53. The number of imidazole rings is 1. The Morgan fingerprint density at radius 3 is 2.61 bits per heavy atom. The minimum absolute atomic E-state index is 0.174. The summed E-state index contributed by atoms with van der Waals surface area (Å²) in [7, 11) is 2.15. The van der Waals surface area contributed by atoms with Crippen molar-refractivity contribution >= 4 is 33.8 Å². The van der Waals surface area contributed by atoms with Crippen LogP contribution in [0.3, 0.4) is 0 Å². The average Bonchev–Trinajstić information content (AvgIpc) is 3.48. The van der Waals surface area contributed by atoms with Gasteiger partial charge < -0.3 is 24.7 Å². The van der Waals surface area contributed by atoms with Crippen LogP contribution in [0.2, 0.25) is 0 Å². The third kappa shape index (κ3) is 4.45. The molecule has 1 fully saturated rings. The molecule has 1 aliphatic rings. The van der Waals surface area contributed by atoms with Crippen molar-refractivity contribution in [3.05, 3.63) is 60.1 Å². The number of hydrogen-bond acceptors (Lipinski definition) is 7. The molecule has 6 rings (SSSR count). The van der Waals surface area contributed by atoms with Gasteiger partial charge in [0.1, 0.15) is 22.8 Å². The highest BCUT2D eigenvalue weighted by Gasteiger charge is 2.18. The molecule has 1 saturated heterocycles. The van der Waals surface area contributed by atoms with Gasteiger partial charge in [0.05, 0.1) is 5.52 Å². The van der Waals surface area contributed by atoms with Gasteiger partial charge in [-0.25, -0.2) is 19.3 Å².